The molecule has 1 aromatic rings. The molecule has 0 fully saturated rings. The van der Waals surface area contributed by atoms with E-state index in [2.05, 4.69) is 0 Å². The lowest BCUT2D eigenvalue weighted by atomic mass is 9.86. The third kappa shape index (κ3) is 4.02. The molecular weight excluding hydrogens is 236 g/mol. The van der Waals surface area contributed by atoms with Gasteiger partial charge in [-0.1, -0.05) is 39.0 Å². The molecule has 0 aliphatic carbocycles. The van der Waals surface area contributed by atoms with Crippen molar-refractivity contribution < 1.29 is 4.79 Å². The predicted octanol–water partition coefficient (Wildman–Crippen LogP) is 2.44. The number of nitrogens with two attached hydrogens (primary N) is 1. The fourth-order valence-electron chi connectivity index (χ4n) is 1.36. The maximum Gasteiger partial charge on any atom is 0.244 e. The van der Waals surface area contributed by atoms with Gasteiger partial charge in [-0.3, -0.25) is 4.79 Å². The maximum atomic E-state index is 12.1. The summed E-state index contributed by atoms with van der Waals surface area (Å²) in [5, 5.41) is 0. The molecule has 0 bridgehead atoms. The number of amides is 1. The highest BCUT2D eigenvalue weighted by Crippen LogP contribution is 2.21. The Morgan fingerprint density at radius 1 is 1.24 bits per heavy atom. The van der Waals surface area contributed by atoms with Crippen molar-refractivity contribution in [2.45, 2.75) is 26.8 Å². The van der Waals surface area contributed by atoms with E-state index in [-0.39, 0.29) is 23.7 Å². The van der Waals surface area contributed by atoms with Crippen molar-refractivity contribution in [1.29, 1.82) is 0 Å². The number of hydrogen-bond acceptors (Lipinski definition) is 2. The van der Waals surface area contributed by atoms with Crippen LogP contribution in [0, 0.1) is 5.41 Å². The Morgan fingerprint density at radius 2 is 1.71 bits per heavy atom. The summed E-state index contributed by atoms with van der Waals surface area (Å²) in [5.74, 6) is -0.0568. The summed E-state index contributed by atoms with van der Waals surface area (Å²) >= 11 is 0. The highest BCUT2D eigenvalue weighted by molar-refractivity contribution is 5.97. The Kier molecular flexibility index (Phi) is 5.66. The summed E-state index contributed by atoms with van der Waals surface area (Å²) in [6.45, 7) is 5.90. The second kappa shape index (κ2) is 6.03. The van der Waals surface area contributed by atoms with Crippen LogP contribution in [0.2, 0.25) is 0 Å². The lowest BCUT2D eigenvalue weighted by Crippen LogP contribution is -2.49. The van der Waals surface area contributed by atoms with Gasteiger partial charge in [0.15, 0.2) is 0 Å². The van der Waals surface area contributed by atoms with Crippen LogP contribution in [0.25, 0.3) is 0 Å². The summed E-state index contributed by atoms with van der Waals surface area (Å²) in [6.07, 6.45) is 0. The second-order valence-electron chi connectivity index (χ2n) is 5.08. The van der Waals surface area contributed by atoms with Gasteiger partial charge >= 0.3 is 0 Å². The first-order chi connectivity index (χ1) is 7.34. The van der Waals surface area contributed by atoms with Gasteiger partial charge in [0.1, 0.15) is 0 Å². The molecule has 0 radical (unpaired) electrons. The average molecular weight is 257 g/mol. The number of halogens is 1. The third-order valence-electron chi connectivity index (χ3n) is 2.67. The van der Waals surface area contributed by atoms with Gasteiger partial charge in [-0.25, -0.2) is 0 Å². The van der Waals surface area contributed by atoms with Gasteiger partial charge in [0.25, 0.3) is 0 Å². The van der Waals surface area contributed by atoms with Gasteiger partial charge in [-0.15, -0.1) is 12.4 Å². The second-order valence-corrected chi connectivity index (χ2v) is 5.08. The summed E-state index contributed by atoms with van der Waals surface area (Å²) in [4.78, 5) is 13.7. The molecule has 0 aromatic heterocycles. The van der Waals surface area contributed by atoms with E-state index in [9.17, 15) is 4.79 Å². The number of carbonyl (C=O) groups is 1. The first kappa shape index (κ1) is 15.9. The predicted molar refractivity (Wildman–Crippen MR) is 74.5 cm³/mol. The van der Waals surface area contributed by atoms with E-state index >= 15 is 0 Å². The molecule has 0 heterocycles. The van der Waals surface area contributed by atoms with Crippen molar-refractivity contribution in [3.63, 3.8) is 0 Å². The number of hydrogen-bond donors (Lipinski definition) is 1. The summed E-state index contributed by atoms with van der Waals surface area (Å²) in [5.41, 5.74) is 6.59. The van der Waals surface area contributed by atoms with Crippen LogP contribution in [-0.2, 0) is 4.79 Å². The fraction of sp³-hybridized carbons (Fsp3) is 0.462. The Hall–Kier alpha value is -1.06. The Balaban J connectivity index is 0.00000256. The zero-order chi connectivity index (χ0) is 12.3. The molecule has 0 aliphatic rings. The molecule has 17 heavy (non-hydrogen) atoms. The van der Waals surface area contributed by atoms with Crippen molar-refractivity contribution in [3.8, 4) is 0 Å². The maximum absolute atomic E-state index is 12.1. The summed E-state index contributed by atoms with van der Waals surface area (Å²) in [7, 11) is 1.75. The van der Waals surface area contributed by atoms with Crippen molar-refractivity contribution in [3.05, 3.63) is 30.3 Å². The molecule has 1 atom stereocenters. The minimum atomic E-state index is -0.488. The summed E-state index contributed by atoms with van der Waals surface area (Å²) < 4.78 is 0. The zero-order valence-electron chi connectivity index (χ0n) is 10.8. The number of para-hydroxylation sites is 1. The zero-order valence-corrected chi connectivity index (χ0v) is 11.6. The molecular formula is C13H21ClN2O. The first-order valence-corrected chi connectivity index (χ1v) is 5.42. The van der Waals surface area contributed by atoms with Crippen LogP contribution >= 0.6 is 12.4 Å². The SMILES string of the molecule is CN(C(=O)[C@@H](N)C(C)(C)C)c1ccccc1.Cl. The monoisotopic (exact) mass is 256 g/mol. The quantitative estimate of drug-likeness (QED) is 0.884. The molecule has 0 spiro atoms. The molecule has 1 aromatic carbocycles. The van der Waals surface area contributed by atoms with Crippen LogP contribution in [-0.4, -0.2) is 19.0 Å². The van der Waals surface area contributed by atoms with Gasteiger partial charge in [0.2, 0.25) is 5.91 Å². The molecule has 4 heteroatoms. The molecule has 0 aliphatic heterocycles. The topological polar surface area (TPSA) is 46.3 Å². The minimum absolute atomic E-state index is 0. The lowest BCUT2D eigenvalue weighted by Gasteiger charge is -2.30. The van der Waals surface area contributed by atoms with Gasteiger partial charge in [0, 0.05) is 12.7 Å². The normalized spacial score (nSPS) is 12.5. The van der Waals surface area contributed by atoms with Gasteiger partial charge in [0.05, 0.1) is 6.04 Å². The Labute approximate surface area is 109 Å². The Morgan fingerprint density at radius 3 is 2.12 bits per heavy atom. The summed E-state index contributed by atoms with van der Waals surface area (Å²) in [6, 6.07) is 9.04. The molecule has 0 saturated carbocycles. The number of carbonyl (C=O) groups excluding carboxylic acids is 1. The van der Waals surface area contributed by atoms with E-state index in [0.29, 0.717) is 0 Å². The molecule has 0 unspecified atom stereocenters. The van der Waals surface area contributed by atoms with E-state index in [4.69, 9.17) is 5.73 Å². The number of likely N-dealkylation sites (N-methyl/N-ethyl adjacent to an activating group) is 1. The van der Waals surface area contributed by atoms with Crippen LogP contribution in [0.5, 0.6) is 0 Å². The van der Waals surface area contributed by atoms with Gasteiger partial charge < -0.3 is 10.6 Å². The van der Waals surface area contributed by atoms with E-state index in [1.807, 2.05) is 51.1 Å². The van der Waals surface area contributed by atoms with Crippen LogP contribution in [0.15, 0.2) is 30.3 Å². The Bertz CT molecular complexity index is 359. The molecule has 3 nitrogen and oxygen atoms in total. The number of benzene rings is 1. The van der Waals surface area contributed by atoms with Crippen molar-refractivity contribution >= 4 is 24.0 Å². The van der Waals surface area contributed by atoms with Gasteiger partial charge in [-0.2, -0.15) is 0 Å². The molecule has 1 rings (SSSR count). The van der Waals surface area contributed by atoms with Crippen molar-refractivity contribution in [1.82, 2.24) is 0 Å². The molecule has 2 N–H and O–H groups in total. The van der Waals surface area contributed by atoms with Crippen molar-refractivity contribution in [2.75, 3.05) is 11.9 Å². The van der Waals surface area contributed by atoms with E-state index in [1.54, 1.807) is 11.9 Å². The van der Waals surface area contributed by atoms with Crippen LogP contribution in [0.3, 0.4) is 0 Å². The smallest absolute Gasteiger partial charge is 0.244 e. The van der Waals surface area contributed by atoms with E-state index in [0.717, 1.165) is 5.69 Å². The molecule has 96 valence electrons. The van der Waals surface area contributed by atoms with Crippen LogP contribution in [0.4, 0.5) is 5.69 Å². The van der Waals surface area contributed by atoms with Gasteiger partial charge in [-0.05, 0) is 17.5 Å². The molecule has 1 amide bonds. The molecule has 0 saturated heterocycles. The number of nitrogens with zero attached hydrogens (tertiary/aromatic N) is 1. The standard InChI is InChI=1S/C13H20N2O.ClH/c1-13(2,3)11(14)12(16)15(4)10-8-6-5-7-9-10;/h5-9,11H,14H2,1-4H3;1H/t11-;/m1./s1. The van der Waals surface area contributed by atoms with E-state index < -0.39 is 6.04 Å². The minimum Gasteiger partial charge on any atom is -0.319 e. The highest BCUT2D eigenvalue weighted by Gasteiger charge is 2.30. The fourth-order valence-corrected chi connectivity index (χ4v) is 1.36. The van der Waals surface area contributed by atoms with Crippen LogP contribution in [0.1, 0.15) is 20.8 Å². The number of anilines is 1. The highest BCUT2D eigenvalue weighted by atomic mass is 35.5. The van der Waals surface area contributed by atoms with Crippen LogP contribution < -0.4 is 10.6 Å². The largest absolute Gasteiger partial charge is 0.319 e. The number of rotatable bonds is 2. The third-order valence-corrected chi connectivity index (χ3v) is 2.67. The van der Waals surface area contributed by atoms with Crippen molar-refractivity contribution in [2.24, 2.45) is 11.1 Å². The first-order valence-electron chi connectivity index (χ1n) is 5.42. The lowest BCUT2D eigenvalue weighted by molar-refractivity contribution is -0.121. The van der Waals surface area contributed by atoms with E-state index in [1.165, 1.54) is 0 Å². The average Bonchev–Trinajstić information content (AvgIpc) is 2.26.